The average Bonchev–Trinajstić information content (AvgIpc) is 2.30. The minimum atomic E-state index is -3.17. The monoisotopic (exact) mass is 244 g/mol. The highest BCUT2D eigenvalue weighted by Gasteiger charge is 2.23. The fraction of sp³-hybridized carbons (Fsp3) is 0.300. The molecule has 90 valence electrons. The number of methoxy groups -OCH3 is 1. The number of halogens is 3. The van der Waals surface area contributed by atoms with Gasteiger partial charge in [0, 0.05) is 11.8 Å². The molecule has 0 amide bonds. The Morgan fingerprint density at radius 2 is 2.29 bits per heavy atom. The van der Waals surface area contributed by atoms with Crippen LogP contribution in [0.25, 0.3) is 0 Å². The van der Waals surface area contributed by atoms with Crippen LogP contribution in [0.4, 0.5) is 13.2 Å². The Labute approximate surface area is 94.6 Å². The Morgan fingerprint density at radius 1 is 1.65 bits per heavy atom. The molecule has 0 saturated carbocycles. The van der Waals surface area contributed by atoms with Crippen LogP contribution in [0.3, 0.4) is 0 Å². The maximum Gasteiger partial charge on any atom is 0.310 e. The van der Waals surface area contributed by atoms with E-state index in [1.807, 2.05) is 0 Å². The zero-order valence-corrected chi connectivity index (χ0v) is 8.71. The number of esters is 1. The average molecular weight is 244 g/mol. The second-order valence-electron chi connectivity index (χ2n) is 3.03. The summed E-state index contributed by atoms with van der Waals surface area (Å²) < 4.78 is 42.9. The zero-order valence-electron chi connectivity index (χ0n) is 8.71. The molecule has 0 bridgehead atoms. The van der Waals surface area contributed by atoms with Crippen molar-refractivity contribution in [3.63, 3.8) is 0 Å². The summed E-state index contributed by atoms with van der Waals surface area (Å²) >= 11 is 0. The molecule has 1 rings (SSSR count). The van der Waals surface area contributed by atoms with Crippen molar-refractivity contribution in [3.8, 4) is 6.07 Å². The number of carbonyl (C=O) groups excluding carboxylic acids is 1. The molecule has 0 saturated heterocycles. The maximum absolute atomic E-state index is 13.6. The third-order valence-corrected chi connectivity index (χ3v) is 2.01. The van der Waals surface area contributed by atoms with Crippen molar-refractivity contribution < 1.29 is 22.7 Å². The topological polar surface area (TPSA) is 63.0 Å². The standard InChI is InChI=1S/C10H7F3N2O2/c1-17-7(16)2-5-4-15-6(3-14)8(9(5)11)10(12)13/h4,10H,2H2,1H3. The fourth-order valence-electron chi connectivity index (χ4n) is 1.18. The first-order valence-corrected chi connectivity index (χ1v) is 4.43. The van der Waals surface area contributed by atoms with Crippen molar-refractivity contribution in [2.75, 3.05) is 7.11 Å². The number of pyridine rings is 1. The Bertz CT molecular complexity index is 483. The highest BCUT2D eigenvalue weighted by Crippen LogP contribution is 2.26. The normalized spacial score (nSPS) is 10.1. The lowest BCUT2D eigenvalue weighted by molar-refractivity contribution is -0.139. The van der Waals surface area contributed by atoms with E-state index in [0.717, 1.165) is 13.3 Å². The number of hydrogen-bond acceptors (Lipinski definition) is 4. The van der Waals surface area contributed by atoms with Gasteiger partial charge >= 0.3 is 5.97 Å². The van der Waals surface area contributed by atoms with Crippen molar-refractivity contribution in [3.05, 3.63) is 28.8 Å². The summed E-state index contributed by atoms with van der Waals surface area (Å²) in [4.78, 5) is 14.3. The lowest BCUT2D eigenvalue weighted by Crippen LogP contribution is -2.10. The zero-order chi connectivity index (χ0) is 13.0. The van der Waals surface area contributed by atoms with Crippen molar-refractivity contribution in [2.24, 2.45) is 0 Å². The molecule has 0 atom stereocenters. The molecule has 17 heavy (non-hydrogen) atoms. The molecular formula is C10H7F3N2O2. The van der Waals surface area contributed by atoms with Gasteiger partial charge in [0.15, 0.2) is 5.69 Å². The smallest absolute Gasteiger partial charge is 0.310 e. The third kappa shape index (κ3) is 2.72. The summed E-state index contributed by atoms with van der Waals surface area (Å²) in [5.41, 5.74) is -2.11. The maximum atomic E-state index is 13.6. The summed E-state index contributed by atoms with van der Waals surface area (Å²) in [5, 5.41) is 8.51. The molecule has 0 fully saturated rings. The molecule has 7 heteroatoms. The van der Waals surface area contributed by atoms with E-state index in [-0.39, 0.29) is 5.56 Å². The van der Waals surface area contributed by atoms with Crippen LogP contribution in [0.2, 0.25) is 0 Å². The predicted octanol–water partition coefficient (Wildman–Crippen LogP) is 1.75. The SMILES string of the molecule is COC(=O)Cc1cnc(C#N)c(C(F)F)c1F. The first-order valence-electron chi connectivity index (χ1n) is 4.43. The number of carbonyl (C=O) groups is 1. The molecule has 0 aliphatic rings. The molecule has 4 nitrogen and oxygen atoms in total. The van der Waals surface area contributed by atoms with Crippen LogP contribution in [-0.4, -0.2) is 18.1 Å². The third-order valence-electron chi connectivity index (χ3n) is 2.01. The van der Waals surface area contributed by atoms with E-state index in [1.54, 1.807) is 0 Å². The van der Waals surface area contributed by atoms with Crippen molar-refractivity contribution in [1.82, 2.24) is 4.98 Å². The van der Waals surface area contributed by atoms with E-state index in [9.17, 15) is 18.0 Å². The van der Waals surface area contributed by atoms with E-state index in [4.69, 9.17) is 5.26 Å². The largest absolute Gasteiger partial charge is 0.469 e. The highest BCUT2D eigenvalue weighted by atomic mass is 19.3. The predicted molar refractivity (Wildman–Crippen MR) is 49.6 cm³/mol. The van der Waals surface area contributed by atoms with Gasteiger partial charge in [-0.2, -0.15) is 5.26 Å². The van der Waals surface area contributed by atoms with Gasteiger partial charge in [-0.15, -0.1) is 0 Å². The number of alkyl halides is 2. The first kappa shape index (κ1) is 13.0. The number of ether oxygens (including phenoxy) is 1. The molecule has 0 N–H and O–H groups in total. The Kier molecular flexibility index (Phi) is 4.04. The van der Waals surface area contributed by atoms with Gasteiger partial charge < -0.3 is 4.74 Å². The summed E-state index contributed by atoms with van der Waals surface area (Å²) in [6.07, 6.45) is -2.81. The Balaban J connectivity index is 3.24. The summed E-state index contributed by atoms with van der Waals surface area (Å²) in [5.74, 6) is -2.08. The number of rotatable bonds is 3. The molecule has 0 unspecified atom stereocenters. The van der Waals surface area contributed by atoms with E-state index in [1.165, 1.54) is 6.07 Å². The van der Waals surface area contributed by atoms with Crippen LogP contribution in [0, 0.1) is 17.1 Å². The van der Waals surface area contributed by atoms with Gasteiger partial charge in [-0.1, -0.05) is 0 Å². The van der Waals surface area contributed by atoms with E-state index in [2.05, 4.69) is 9.72 Å². The molecule has 0 spiro atoms. The lowest BCUT2D eigenvalue weighted by atomic mass is 10.1. The number of nitriles is 1. The Hall–Kier alpha value is -2.10. The van der Waals surface area contributed by atoms with Crippen LogP contribution < -0.4 is 0 Å². The summed E-state index contributed by atoms with van der Waals surface area (Å²) in [6, 6.07) is 1.36. The van der Waals surface area contributed by atoms with Crippen molar-refractivity contribution in [1.29, 1.82) is 5.26 Å². The van der Waals surface area contributed by atoms with Gasteiger partial charge in [0.2, 0.25) is 0 Å². The van der Waals surface area contributed by atoms with Gasteiger partial charge in [-0.05, 0) is 0 Å². The molecule has 1 heterocycles. The van der Waals surface area contributed by atoms with Gasteiger partial charge in [0.1, 0.15) is 11.9 Å². The van der Waals surface area contributed by atoms with E-state index in [0.29, 0.717) is 0 Å². The second kappa shape index (κ2) is 5.30. The van der Waals surface area contributed by atoms with E-state index >= 15 is 0 Å². The quantitative estimate of drug-likeness (QED) is 0.760. The van der Waals surface area contributed by atoms with Crippen LogP contribution >= 0.6 is 0 Å². The minimum absolute atomic E-state index is 0.328. The van der Waals surface area contributed by atoms with Crippen LogP contribution in [0.5, 0.6) is 0 Å². The van der Waals surface area contributed by atoms with E-state index < -0.39 is 35.9 Å². The van der Waals surface area contributed by atoms with Crippen molar-refractivity contribution >= 4 is 5.97 Å². The van der Waals surface area contributed by atoms with Crippen LogP contribution in [0.15, 0.2) is 6.20 Å². The molecule has 0 aromatic carbocycles. The number of hydrogen-bond donors (Lipinski definition) is 0. The summed E-state index contributed by atoms with van der Waals surface area (Å²) in [7, 11) is 1.09. The molecule has 1 aromatic heterocycles. The van der Waals surface area contributed by atoms with Crippen LogP contribution in [0.1, 0.15) is 23.2 Å². The van der Waals surface area contributed by atoms with Gasteiger partial charge in [0.05, 0.1) is 19.1 Å². The Morgan fingerprint density at radius 3 is 2.76 bits per heavy atom. The molecular weight excluding hydrogens is 237 g/mol. The number of aromatic nitrogens is 1. The molecule has 0 aliphatic carbocycles. The highest BCUT2D eigenvalue weighted by molar-refractivity contribution is 5.72. The first-order chi connectivity index (χ1) is 8.01. The van der Waals surface area contributed by atoms with Crippen molar-refractivity contribution in [2.45, 2.75) is 12.8 Å². The molecule has 1 aromatic rings. The molecule has 0 radical (unpaired) electrons. The second-order valence-corrected chi connectivity index (χ2v) is 3.03. The fourth-order valence-corrected chi connectivity index (χ4v) is 1.18. The van der Waals surface area contributed by atoms with Gasteiger partial charge in [-0.3, -0.25) is 4.79 Å². The summed E-state index contributed by atoms with van der Waals surface area (Å²) in [6.45, 7) is 0. The lowest BCUT2D eigenvalue weighted by Gasteiger charge is -2.07. The van der Waals surface area contributed by atoms with Crippen LogP contribution in [-0.2, 0) is 16.0 Å². The molecule has 0 aliphatic heterocycles. The number of nitrogens with zero attached hydrogens (tertiary/aromatic N) is 2. The van der Waals surface area contributed by atoms with Gasteiger partial charge in [0.25, 0.3) is 6.43 Å². The van der Waals surface area contributed by atoms with Gasteiger partial charge in [-0.25, -0.2) is 18.2 Å². The minimum Gasteiger partial charge on any atom is -0.469 e.